The van der Waals surface area contributed by atoms with E-state index in [2.05, 4.69) is 41.5 Å². The van der Waals surface area contributed by atoms with Crippen LogP contribution in [-0.4, -0.2) is 0 Å². The average molecular weight is 203 g/mol. The Morgan fingerprint density at radius 3 is 0.556 bits per heavy atom. The third-order valence-corrected chi connectivity index (χ3v) is 0. The molecule has 0 aromatic heterocycles. The summed E-state index contributed by atoms with van der Waals surface area (Å²) in [5.74, 6) is 2.83. The first-order valence-electron chi connectivity index (χ1n) is 3.00. The van der Waals surface area contributed by atoms with Crippen LogP contribution in [0.4, 0.5) is 0 Å². The topological polar surface area (TPSA) is 0 Å². The summed E-state index contributed by atoms with van der Waals surface area (Å²) in [5.41, 5.74) is 0. The SMILES string of the molecule is C[C-](C)C.C[C-](C)C.[Y]. The molecule has 0 N–H and O–H groups in total. The van der Waals surface area contributed by atoms with Gasteiger partial charge in [0.05, 0.1) is 0 Å². The van der Waals surface area contributed by atoms with Gasteiger partial charge in [0.2, 0.25) is 0 Å². The average Bonchev–Trinajstić information content (AvgIpc) is 1.25. The van der Waals surface area contributed by atoms with Gasteiger partial charge in [-0.15, -0.1) is 0 Å². The van der Waals surface area contributed by atoms with Gasteiger partial charge in [-0.1, -0.05) is 0 Å². The van der Waals surface area contributed by atoms with Crippen LogP contribution in [0.1, 0.15) is 41.5 Å². The molecule has 1 heteroatoms. The van der Waals surface area contributed by atoms with Crippen molar-refractivity contribution in [3.8, 4) is 0 Å². The Morgan fingerprint density at radius 2 is 0.556 bits per heavy atom. The summed E-state index contributed by atoms with van der Waals surface area (Å²) in [7, 11) is 0. The van der Waals surface area contributed by atoms with E-state index in [1.165, 1.54) is 11.8 Å². The zero-order chi connectivity index (χ0) is 7.15. The minimum atomic E-state index is 0. The largest absolute Gasteiger partial charge is 0.323 e. The van der Waals surface area contributed by atoms with E-state index in [4.69, 9.17) is 0 Å². The van der Waals surface area contributed by atoms with Crippen LogP contribution in [0.15, 0.2) is 0 Å². The molecule has 0 saturated carbocycles. The molecule has 0 heterocycles. The molecule has 1 radical (unpaired) electrons. The summed E-state index contributed by atoms with van der Waals surface area (Å²) in [4.78, 5) is 0. The van der Waals surface area contributed by atoms with Crippen molar-refractivity contribution in [1.82, 2.24) is 0 Å². The maximum absolute atomic E-state index is 2.08. The fraction of sp³-hybridized carbons (Fsp3) is 0.750. The standard InChI is InChI=1S/2C4H9.Y/c2*1-4(2)3;/h2*1-3H3;/q2*-1;. The summed E-state index contributed by atoms with van der Waals surface area (Å²) >= 11 is 0. The number of hydrogen-bond donors (Lipinski definition) is 0. The van der Waals surface area contributed by atoms with E-state index in [0.717, 1.165) is 0 Å². The molecule has 0 amide bonds. The van der Waals surface area contributed by atoms with E-state index in [1.54, 1.807) is 0 Å². The maximum Gasteiger partial charge on any atom is 0 e. The van der Waals surface area contributed by atoms with Crippen LogP contribution in [0.25, 0.3) is 0 Å². The Labute approximate surface area is 85.7 Å². The van der Waals surface area contributed by atoms with Gasteiger partial charge >= 0.3 is 0 Å². The second-order valence-corrected chi connectivity index (χ2v) is 3.00. The Hall–Kier alpha value is 1.10. The minimum absolute atomic E-state index is 0. The van der Waals surface area contributed by atoms with Crippen molar-refractivity contribution in [3.63, 3.8) is 0 Å². The van der Waals surface area contributed by atoms with Gasteiger partial charge in [0.1, 0.15) is 0 Å². The third-order valence-electron chi connectivity index (χ3n) is 0. The molecule has 0 aliphatic rings. The van der Waals surface area contributed by atoms with Gasteiger partial charge < -0.3 is 11.8 Å². The molecule has 0 aliphatic heterocycles. The predicted octanol–water partition coefficient (Wildman–Crippen LogP) is 3.24. The molecule has 0 aromatic carbocycles. The van der Waals surface area contributed by atoms with Crippen LogP contribution < -0.4 is 0 Å². The molecule has 0 nitrogen and oxygen atoms in total. The molecular weight excluding hydrogens is 185 g/mol. The molecule has 0 bridgehead atoms. The van der Waals surface area contributed by atoms with Gasteiger partial charge in [-0.25, -0.2) is 0 Å². The quantitative estimate of drug-likeness (QED) is 0.530. The van der Waals surface area contributed by atoms with Crippen molar-refractivity contribution in [2.45, 2.75) is 41.5 Å². The van der Waals surface area contributed by atoms with E-state index < -0.39 is 0 Å². The van der Waals surface area contributed by atoms with Gasteiger partial charge in [-0.3, -0.25) is 0 Å². The van der Waals surface area contributed by atoms with Gasteiger partial charge in [0.15, 0.2) is 0 Å². The van der Waals surface area contributed by atoms with Gasteiger partial charge in [-0.05, 0) is 0 Å². The molecule has 9 heavy (non-hydrogen) atoms. The molecule has 0 atom stereocenters. The molecule has 0 spiro atoms. The predicted molar refractivity (Wildman–Crippen MR) is 40.5 cm³/mol. The van der Waals surface area contributed by atoms with Crippen molar-refractivity contribution in [3.05, 3.63) is 11.8 Å². The molecule has 0 aliphatic carbocycles. The van der Waals surface area contributed by atoms with Gasteiger partial charge in [0.25, 0.3) is 0 Å². The monoisotopic (exact) mass is 203 g/mol. The second kappa shape index (κ2) is 11.8. The first-order chi connectivity index (χ1) is 3.46. The van der Waals surface area contributed by atoms with Crippen molar-refractivity contribution < 1.29 is 32.7 Å². The number of hydrogen-bond acceptors (Lipinski definition) is 0. The number of rotatable bonds is 0. The third kappa shape index (κ3) is 377. The van der Waals surface area contributed by atoms with Crippen LogP contribution in [0.2, 0.25) is 0 Å². The van der Waals surface area contributed by atoms with E-state index in [9.17, 15) is 0 Å². The zero-order valence-corrected chi connectivity index (χ0v) is 10.4. The van der Waals surface area contributed by atoms with E-state index in [0.29, 0.717) is 0 Å². The molecule has 0 rings (SSSR count). The van der Waals surface area contributed by atoms with Crippen LogP contribution in [0.5, 0.6) is 0 Å². The van der Waals surface area contributed by atoms with Crippen molar-refractivity contribution >= 4 is 0 Å². The van der Waals surface area contributed by atoms with E-state index in [1.807, 2.05) is 0 Å². The minimum Gasteiger partial charge on any atom is -0.323 e. The van der Waals surface area contributed by atoms with Gasteiger partial charge in [-0.2, -0.15) is 41.5 Å². The van der Waals surface area contributed by atoms with Crippen LogP contribution >= 0.6 is 0 Å². The fourth-order valence-electron chi connectivity index (χ4n) is 0. The zero-order valence-electron chi connectivity index (χ0n) is 7.58. The second-order valence-electron chi connectivity index (χ2n) is 3.00. The summed E-state index contributed by atoms with van der Waals surface area (Å²) in [6, 6.07) is 0. The molecular formula is C8H18Y-2. The summed E-state index contributed by atoms with van der Waals surface area (Å²) < 4.78 is 0. The normalized spacial score (nSPS) is 8.00. The Kier molecular flexibility index (Phi) is 21.8. The van der Waals surface area contributed by atoms with Gasteiger partial charge in [0, 0.05) is 32.7 Å². The van der Waals surface area contributed by atoms with E-state index in [-0.39, 0.29) is 32.7 Å². The van der Waals surface area contributed by atoms with E-state index >= 15 is 0 Å². The summed E-state index contributed by atoms with van der Waals surface area (Å²) in [5, 5.41) is 0. The molecule has 0 unspecified atom stereocenters. The van der Waals surface area contributed by atoms with Crippen molar-refractivity contribution in [2.24, 2.45) is 0 Å². The smallest absolute Gasteiger partial charge is 0 e. The Balaban J connectivity index is -0.0000000720. The molecule has 0 aromatic rings. The summed E-state index contributed by atoms with van der Waals surface area (Å²) in [6.45, 7) is 12.5. The molecule has 55 valence electrons. The molecule has 0 saturated heterocycles. The van der Waals surface area contributed by atoms with Crippen molar-refractivity contribution in [2.75, 3.05) is 0 Å². The van der Waals surface area contributed by atoms with Crippen LogP contribution in [-0.2, 0) is 32.7 Å². The fourth-order valence-corrected chi connectivity index (χ4v) is 0. The first-order valence-corrected chi connectivity index (χ1v) is 3.00. The molecule has 0 fully saturated rings. The van der Waals surface area contributed by atoms with Crippen LogP contribution in [0, 0.1) is 11.8 Å². The Bertz CT molecular complexity index is 20.0. The maximum atomic E-state index is 2.08. The van der Waals surface area contributed by atoms with Crippen LogP contribution in [0.3, 0.4) is 0 Å². The first kappa shape index (κ1) is 16.6. The Morgan fingerprint density at radius 1 is 0.556 bits per heavy atom. The van der Waals surface area contributed by atoms with Crippen molar-refractivity contribution in [1.29, 1.82) is 0 Å². The summed E-state index contributed by atoms with van der Waals surface area (Å²) in [6.07, 6.45) is 0.